The van der Waals surface area contributed by atoms with Crippen LogP contribution in [0.3, 0.4) is 0 Å². The third-order valence-electron chi connectivity index (χ3n) is 5.18. The molecule has 6 nitrogen and oxygen atoms in total. The van der Waals surface area contributed by atoms with Crippen LogP contribution in [0.5, 0.6) is 11.5 Å². The number of hydrogen-bond acceptors (Lipinski definition) is 5. The van der Waals surface area contributed by atoms with E-state index in [1.54, 1.807) is 45.4 Å². The predicted octanol–water partition coefficient (Wildman–Crippen LogP) is 3.76. The van der Waals surface area contributed by atoms with E-state index in [9.17, 15) is 14.0 Å². The van der Waals surface area contributed by atoms with Crippen molar-refractivity contribution in [1.82, 2.24) is 4.90 Å². The van der Waals surface area contributed by atoms with Crippen molar-refractivity contribution in [3.63, 3.8) is 0 Å². The number of carbonyl (C=O) groups excluding carboxylic acids is 2. The Labute approximate surface area is 180 Å². The van der Waals surface area contributed by atoms with Crippen LogP contribution in [0.1, 0.15) is 18.1 Å². The quantitative estimate of drug-likeness (QED) is 0.499. The predicted molar refractivity (Wildman–Crippen MR) is 114 cm³/mol. The van der Waals surface area contributed by atoms with Crippen LogP contribution in [0.25, 0.3) is 6.08 Å². The van der Waals surface area contributed by atoms with E-state index in [-0.39, 0.29) is 22.6 Å². The van der Waals surface area contributed by atoms with Crippen LogP contribution in [0.4, 0.5) is 4.39 Å². The van der Waals surface area contributed by atoms with Crippen molar-refractivity contribution < 1.29 is 28.2 Å². The molecule has 1 aliphatic rings. The Morgan fingerprint density at radius 2 is 1.77 bits per heavy atom. The van der Waals surface area contributed by atoms with Gasteiger partial charge in [0.25, 0.3) is 5.91 Å². The molecule has 2 aromatic carbocycles. The van der Waals surface area contributed by atoms with E-state index in [2.05, 4.69) is 0 Å². The number of benzene rings is 2. The molecule has 7 heteroatoms. The summed E-state index contributed by atoms with van der Waals surface area (Å²) < 4.78 is 29.6. The first kappa shape index (κ1) is 22.1. The van der Waals surface area contributed by atoms with Crippen molar-refractivity contribution >= 4 is 18.0 Å². The Hall–Kier alpha value is -3.61. The molecule has 1 amide bonds. The van der Waals surface area contributed by atoms with Gasteiger partial charge >= 0.3 is 5.97 Å². The summed E-state index contributed by atoms with van der Waals surface area (Å²) in [6.07, 6.45) is 1.91. The van der Waals surface area contributed by atoms with E-state index in [0.29, 0.717) is 30.2 Å². The van der Waals surface area contributed by atoms with Gasteiger partial charge in [-0.2, -0.15) is 0 Å². The molecule has 0 fully saturated rings. The highest BCUT2D eigenvalue weighted by Crippen LogP contribution is 2.33. The van der Waals surface area contributed by atoms with Gasteiger partial charge in [-0.25, -0.2) is 9.18 Å². The lowest BCUT2D eigenvalue weighted by Crippen LogP contribution is -2.27. The highest BCUT2D eigenvalue weighted by Gasteiger charge is 2.36. The van der Waals surface area contributed by atoms with Gasteiger partial charge in [-0.15, -0.1) is 0 Å². The summed E-state index contributed by atoms with van der Waals surface area (Å²) >= 11 is 0. The van der Waals surface area contributed by atoms with E-state index in [1.807, 2.05) is 12.1 Å². The molecule has 1 aliphatic heterocycles. The molecule has 31 heavy (non-hydrogen) atoms. The first-order chi connectivity index (χ1) is 14.9. The minimum Gasteiger partial charge on any atom is -0.493 e. The van der Waals surface area contributed by atoms with Crippen molar-refractivity contribution in [2.45, 2.75) is 13.3 Å². The number of nitrogens with zero attached hydrogens (tertiary/aromatic N) is 1. The van der Waals surface area contributed by atoms with Gasteiger partial charge in [0.05, 0.1) is 32.5 Å². The molecule has 0 aromatic heterocycles. The molecule has 0 N–H and O–H groups in total. The van der Waals surface area contributed by atoms with Gasteiger partial charge in [0.15, 0.2) is 11.5 Å². The highest BCUT2D eigenvalue weighted by atomic mass is 19.1. The third-order valence-corrected chi connectivity index (χ3v) is 5.18. The minimum atomic E-state index is -0.637. The van der Waals surface area contributed by atoms with Gasteiger partial charge in [0.2, 0.25) is 0 Å². The molecule has 1 heterocycles. The summed E-state index contributed by atoms with van der Waals surface area (Å²) in [5.74, 6) is -0.282. The van der Waals surface area contributed by atoms with Gasteiger partial charge in [-0.1, -0.05) is 24.3 Å². The van der Waals surface area contributed by atoms with Gasteiger partial charge in [-0.3, -0.25) is 4.79 Å². The van der Waals surface area contributed by atoms with E-state index in [4.69, 9.17) is 14.2 Å². The maximum absolute atomic E-state index is 14.2. The van der Waals surface area contributed by atoms with Crippen LogP contribution >= 0.6 is 0 Å². The lowest BCUT2D eigenvalue weighted by Gasteiger charge is -2.18. The fourth-order valence-electron chi connectivity index (χ4n) is 3.52. The molecule has 0 unspecified atom stereocenters. The van der Waals surface area contributed by atoms with Crippen molar-refractivity contribution in [3.05, 3.63) is 76.3 Å². The van der Waals surface area contributed by atoms with Crippen molar-refractivity contribution in [2.24, 2.45) is 0 Å². The number of ether oxygens (including phenoxy) is 3. The van der Waals surface area contributed by atoms with Gasteiger partial charge in [-0.05, 0) is 43.2 Å². The number of methoxy groups -OCH3 is 3. The summed E-state index contributed by atoms with van der Waals surface area (Å²) in [7, 11) is 4.37. The standard InChI is InChI=1S/C24H24FNO5/c1-15-22(24(28)31-4)18(14-17-7-5-6-8-19(17)25)23(27)26(15)12-11-16-9-10-20(29-2)21(13-16)30-3/h5-10,13-14H,11-12H2,1-4H3/b18-14-. The zero-order valence-electron chi connectivity index (χ0n) is 17.9. The second-order valence-electron chi connectivity index (χ2n) is 6.93. The summed E-state index contributed by atoms with van der Waals surface area (Å²) in [5.41, 5.74) is 1.89. The average Bonchev–Trinajstić information content (AvgIpc) is 3.02. The van der Waals surface area contributed by atoms with Crippen LogP contribution in [-0.4, -0.2) is 44.7 Å². The molecule has 0 radical (unpaired) electrons. The number of halogens is 1. The Morgan fingerprint density at radius 3 is 2.42 bits per heavy atom. The lowest BCUT2D eigenvalue weighted by molar-refractivity contribution is -0.136. The Balaban J connectivity index is 1.91. The monoisotopic (exact) mass is 425 g/mol. The third kappa shape index (κ3) is 4.45. The average molecular weight is 425 g/mol. The maximum Gasteiger partial charge on any atom is 0.340 e. The van der Waals surface area contributed by atoms with E-state index in [1.165, 1.54) is 24.2 Å². The molecule has 0 atom stereocenters. The zero-order valence-corrected chi connectivity index (χ0v) is 17.9. The molecule has 0 spiro atoms. The maximum atomic E-state index is 14.2. The number of allylic oxidation sites excluding steroid dienone is 1. The second-order valence-corrected chi connectivity index (χ2v) is 6.93. The molecule has 0 bridgehead atoms. The van der Waals surface area contributed by atoms with Gasteiger partial charge in [0, 0.05) is 17.8 Å². The Kier molecular flexibility index (Phi) is 6.74. The fraction of sp³-hybridized carbons (Fsp3) is 0.250. The van der Waals surface area contributed by atoms with Gasteiger partial charge in [0.1, 0.15) is 5.82 Å². The first-order valence-electron chi connectivity index (χ1n) is 9.69. The summed E-state index contributed by atoms with van der Waals surface area (Å²) in [6, 6.07) is 11.6. The summed E-state index contributed by atoms with van der Waals surface area (Å²) in [5, 5.41) is 0. The van der Waals surface area contributed by atoms with Crippen LogP contribution < -0.4 is 9.47 Å². The molecule has 162 valence electrons. The molecule has 0 saturated carbocycles. The lowest BCUT2D eigenvalue weighted by atomic mass is 10.0. The fourth-order valence-corrected chi connectivity index (χ4v) is 3.52. The van der Waals surface area contributed by atoms with Crippen LogP contribution in [0.2, 0.25) is 0 Å². The SMILES string of the molecule is COC(=O)C1=C(C)N(CCc2ccc(OC)c(OC)c2)C(=O)/C1=C\c1ccccc1F. The number of rotatable bonds is 7. The minimum absolute atomic E-state index is 0.113. The highest BCUT2D eigenvalue weighted by molar-refractivity contribution is 6.16. The molecular formula is C24H24FNO5. The van der Waals surface area contributed by atoms with Gasteiger partial charge < -0.3 is 19.1 Å². The molecule has 2 aromatic rings. The molecule has 3 rings (SSSR count). The van der Waals surface area contributed by atoms with Crippen LogP contribution in [-0.2, 0) is 20.7 Å². The number of carbonyl (C=O) groups is 2. The molecular weight excluding hydrogens is 401 g/mol. The van der Waals surface area contributed by atoms with Crippen LogP contribution in [0.15, 0.2) is 59.3 Å². The zero-order chi connectivity index (χ0) is 22.5. The number of hydrogen-bond donors (Lipinski definition) is 0. The smallest absolute Gasteiger partial charge is 0.340 e. The summed E-state index contributed by atoms with van der Waals surface area (Å²) in [6.45, 7) is 2.01. The first-order valence-corrected chi connectivity index (χ1v) is 9.69. The Bertz CT molecular complexity index is 1070. The second kappa shape index (κ2) is 9.47. The van der Waals surface area contributed by atoms with E-state index < -0.39 is 11.8 Å². The molecule has 0 saturated heterocycles. The normalized spacial score (nSPS) is 14.9. The van der Waals surface area contributed by atoms with E-state index >= 15 is 0 Å². The van der Waals surface area contributed by atoms with Crippen molar-refractivity contribution in [1.29, 1.82) is 0 Å². The topological polar surface area (TPSA) is 65.1 Å². The van der Waals surface area contributed by atoms with Crippen molar-refractivity contribution in [2.75, 3.05) is 27.9 Å². The number of amides is 1. The van der Waals surface area contributed by atoms with Crippen molar-refractivity contribution in [3.8, 4) is 11.5 Å². The van der Waals surface area contributed by atoms with E-state index in [0.717, 1.165) is 5.56 Å². The summed E-state index contributed by atoms with van der Waals surface area (Å²) in [4.78, 5) is 27.1. The Morgan fingerprint density at radius 1 is 1.06 bits per heavy atom. The molecule has 0 aliphatic carbocycles. The number of esters is 1. The largest absolute Gasteiger partial charge is 0.493 e. The van der Waals surface area contributed by atoms with Crippen LogP contribution in [0, 0.1) is 5.82 Å².